The second kappa shape index (κ2) is 5.61. The number of methoxy groups -OCH3 is 2. The molecule has 0 atom stereocenters. The van der Waals surface area contributed by atoms with E-state index in [1.54, 1.807) is 25.6 Å². The van der Waals surface area contributed by atoms with Crippen molar-refractivity contribution in [2.75, 3.05) is 19.5 Å². The number of anilines is 2. The summed E-state index contributed by atoms with van der Waals surface area (Å²) >= 11 is 1.70. The number of hydrogen-bond acceptors (Lipinski definition) is 5. The summed E-state index contributed by atoms with van der Waals surface area (Å²) in [6, 6.07) is 7.81. The Kier molecular flexibility index (Phi) is 3.66. The maximum atomic E-state index is 5.29. The van der Waals surface area contributed by atoms with Gasteiger partial charge in [0.25, 0.3) is 0 Å². The Hall–Kier alpha value is -2.27. The molecule has 3 aromatic rings. The second-order valence-corrected chi connectivity index (χ2v) is 5.56. The molecule has 0 unspecified atom stereocenters. The molecule has 4 nitrogen and oxygen atoms in total. The molecule has 0 radical (unpaired) electrons. The molecular formula is C16H16N2O2S. The lowest BCUT2D eigenvalue weighted by molar-refractivity contribution is 0.395. The van der Waals surface area contributed by atoms with Crippen LogP contribution in [0, 0.1) is 6.92 Å². The van der Waals surface area contributed by atoms with Gasteiger partial charge in [0, 0.05) is 29.3 Å². The number of aromatic nitrogens is 1. The van der Waals surface area contributed by atoms with Crippen LogP contribution >= 0.6 is 11.3 Å². The van der Waals surface area contributed by atoms with Crippen molar-refractivity contribution in [3.8, 4) is 11.5 Å². The van der Waals surface area contributed by atoms with Gasteiger partial charge in [0.05, 0.1) is 36.5 Å². The quantitative estimate of drug-likeness (QED) is 0.777. The van der Waals surface area contributed by atoms with Gasteiger partial charge in [-0.1, -0.05) is 0 Å². The second-order valence-electron chi connectivity index (χ2n) is 4.65. The minimum atomic E-state index is 0.749. The fraction of sp³-hybridized carbons (Fsp3) is 0.188. The third-order valence-corrected chi connectivity index (χ3v) is 4.32. The first-order valence-electron chi connectivity index (χ1n) is 6.54. The molecule has 0 aliphatic heterocycles. The van der Waals surface area contributed by atoms with Gasteiger partial charge in [0.2, 0.25) is 0 Å². The molecule has 0 saturated heterocycles. The van der Waals surface area contributed by atoms with E-state index in [1.807, 2.05) is 31.3 Å². The van der Waals surface area contributed by atoms with Crippen LogP contribution in [-0.4, -0.2) is 19.2 Å². The van der Waals surface area contributed by atoms with E-state index in [-0.39, 0.29) is 0 Å². The average Bonchev–Trinajstić information content (AvgIpc) is 3.00. The van der Waals surface area contributed by atoms with Crippen LogP contribution in [0.2, 0.25) is 0 Å². The molecule has 0 spiro atoms. The summed E-state index contributed by atoms with van der Waals surface area (Å²) in [7, 11) is 3.28. The zero-order valence-electron chi connectivity index (χ0n) is 12.1. The van der Waals surface area contributed by atoms with Crippen LogP contribution in [0.4, 0.5) is 11.4 Å². The number of ether oxygens (including phenoxy) is 2. The molecular weight excluding hydrogens is 284 g/mol. The van der Waals surface area contributed by atoms with Crippen molar-refractivity contribution >= 4 is 32.8 Å². The van der Waals surface area contributed by atoms with E-state index in [1.165, 1.54) is 10.1 Å². The molecule has 0 saturated carbocycles. The highest BCUT2D eigenvalue weighted by Gasteiger charge is 2.08. The number of nitrogens with one attached hydrogen (secondary N) is 1. The molecule has 0 amide bonds. The number of fused-ring (bicyclic) bond motifs is 1. The van der Waals surface area contributed by atoms with E-state index in [0.29, 0.717) is 0 Å². The number of benzene rings is 1. The van der Waals surface area contributed by atoms with Crippen molar-refractivity contribution in [1.82, 2.24) is 4.98 Å². The fourth-order valence-corrected chi connectivity index (χ4v) is 3.09. The summed E-state index contributed by atoms with van der Waals surface area (Å²) in [4.78, 5) is 4.45. The summed E-state index contributed by atoms with van der Waals surface area (Å²) in [6.45, 7) is 2.02. The van der Waals surface area contributed by atoms with Crippen molar-refractivity contribution in [3.63, 3.8) is 0 Å². The number of rotatable bonds is 4. The summed E-state index contributed by atoms with van der Waals surface area (Å²) in [5, 5.41) is 6.65. The smallest absolute Gasteiger partial charge is 0.124 e. The number of thiophene rings is 1. The first kappa shape index (κ1) is 13.7. The van der Waals surface area contributed by atoms with Crippen molar-refractivity contribution in [3.05, 3.63) is 41.5 Å². The zero-order valence-corrected chi connectivity index (χ0v) is 13.0. The topological polar surface area (TPSA) is 43.4 Å². The van der Waals surface area contributed by atoms with Gasteiger partial charge in [-0.05, 0) is 18.4 Å². The van der Waals surface area contributed by atoms with E-state index < -0.39 is 0 Å². The average molecular weight is 300 g/mol. The van der Waals surface area contributed by atoms with Crippen molar-refractivity contribution < 1.29 is 9.47 Å². The number of nitrogens with zero attached hydrogens (tertiary/aromatic N) is 1. The molecule has 0 aliphatic rings. The van der Waals surface area contributed by atoms with Crippen LogP contribution in [0.3, 0.4) is 0 Å². The molecule has 1 N–H and O–H groups in total. The molecule has 108 valence electrons. The third kappa shape index (κ3) is 2.64. The normalized spacial score (nSPS) is 10.6. The maximum Gasteiger partial charge on any atom is 0.124 e. The van der Waals surface area contributed by atoms with Gasteiger partial charge in [0.15, 0.2) is 0 Å². The van der Waals surface area contributed by atoms with Gasteiger partial charge in [-0.15, -0.1) is 11.3 Å². The Morgan fingerprint density at radius 1 is 1.10 bits per heavy atom. The maximum absolute atomic E-state index is 5.29. The molecule has 0 bridgehead atoms. The summed E-state index contributed by atoms with van der Waals surface area (Å²) in [5.41, 5.74) is 2.94. The molecule has 21 heavy (non-hydrogen) atoms. The Labute approximate surface area is 127 Å². The first-order valence-corrected chi connectivity index (χ1v) is 7.42. The van der Waals surface area contributed by atoms with Crippen LogP contribution in [-0.2, 0) is 0 Å². The Bertz CT molecular complexity index is 761. The van der Waals surface area contributed by atoms with Crippen molar-refractivity contribution in [2.45, 2.75) is 6.92 Å². The molecule has 3 rings (SSSR count). The molecule has 0 aliphatic carbocycles. The SMILES string of the molecule is COc1cc(Nc2cnc(C)c3sccc23)cc(OC)c1. The van der Waals surface area contributed by atoms with Crippen LogP contribution in [0.25, 0.3) is 10.1 Å². The van der Waals surface area contributed by atoms with E-state index in [2.05, 4.69) is 21.7 Å². The predicted octanol–water partition coefficient (Wildman–Crippen LogP) is 4.37. The highest BCUT2D eigenvalue weighted by atomic mass is 32.1. The molecule has 0 fully saturated rings. The predicted molar refractivity (Wildman–Crippen MR) is 87.2 cm³/mol. The number of hydrogen-bond donors (Lipinski definition) is 1. The van der Waals surface area contributed by atoms with Gasteiger partial charge in [-0.3, -0.25) is 4.98 Å². The largest absolute Gasteiger partial charge is 0.497 e. The lowest BCUT2D eigenvalue weighted by Crippen LogP contribution is -1.95. The van der Waals surface area contributed by atoms with E-state index >= 15 is 0 Å². The number of aryl methyl sites for hydroxylation is 1. The summed E-state index contributed by atoms with van der Waals surface area (Å²) in [5.74, 6) is 1.50. The minimum absolute atomic E-state index is 0.749. The standard InChI is InChI=1S/C16H16N2O2S/c1-10-16-14(4-5-21-16)15(9-17-10)18-11-6-12(19-2)8-13(7-11)20-3/h4-9,18H,1-3H3. The Balaban J connectivity index is 2.02. The van der Waals surface area contributed by atoms with Gasteiger partial charge in [-0.2, -0.15) is 0 Å². The van der Waals surface area contributed by atoms with Gasteiger partial charge < -0.3 is 14.8 Å². The van der Waals surface area contributed by atoms with Gasteiger partial charge in [-0.25, -0.2) is 0 Å². The van der Waals surface area contributed by atoms with E-state index in [9.17, 15) is 0 Å². The highest BCUT2D eigenvalue weighted by Crippen LogP contribution is 2.33. The first-order chi connectivity index (χ1) is 10.2. The number of pyridine rings is 1. The van der Waals surface area contributed by atoms with Crippen molar-refractivity contribution in [2.24, 2.45) is 0 Å². The van der Waals surface area contributed by atoms with Gasteiger partial charge >= 0.3 is 0 Å². The van der Waals surface area contributed by atoms with Crippen molar-refractivity contribution in [1.29, 1.82) is 0 Å². The highest BCUT2D eigenvalue weighted by molar-refractivity contribution is 7.17. The van der Waals surface area contributed by atoms with E-state index in [0.717, 1.165) is 28.6 Å². The van der Waals surface area contributed by atoms with Crippen LogP contribution in [0.15, 0.2) is 35.8 Å². The van der Waals surface area contributed by atoms with Crippen LogP contribution < -0.4 is 14.8 Å². The lowest BCUT2D eigenvalue weighted by Gasteiger charge is -2.11. The summed E-state index contributed by atoms with van der Waals surface area (Å²) < 4.78 is 11.8. The third-order valence-electron chi connectivity index (χ3n) is 3.30. The lowest BCUT2D eigenvalue weighted by atomic mass is 10.2. The Morgan fingerprint density at radius 3 is 2.48 bits per heavy atom. The molecule has 2 aromatic heterocycles. The zero-order chi connectivity index (χ0) is 14.8. The van der Waals surface area contributed by atoms with Crippen LogP contribution in [0.1, 0.15) is 5.69 Å². The van der Waals surface area contributed by atoms with Crippen LogP contribution in [0.5, 0.6) is 11.5 Å². The molecule has 2 heterocycles. The minimum Gasteiger partial charge on any atom is -0.497 e. The van der Waals surface area contributed by atoms with E-state index in [4.69, 9.17) is 9.47 Å². The molecule has 1 aromatic carbocycles. The summed E-state index contributed by atoms with van der Waals surface area (Å²) in [6.07, 6.45) is 1.86. The Morgan fingerprint density at radius 2 is 1.81 bits per heavy atom. The fourth-order valence-electron chi connectivity index (χ4n) is 2.23. The molecule has 5 heteroatoms. The monoisotopic (exact) mass is 300 g/mol. The van der Waals surface area contributed by atoms with Gasteiger partial charge in [0.1, 0.15) is 11.5 Å².